The van der Waals surface area contributed by atoms with Crippen LogP contribution in [0.25, 0.3) is 0 Å². The van der Waals surface area contributed by atoms with Gasteiger partial charge in [0.15, 0.2) is 18.1 Å². The van der Waals surface area contributed by atoms with Gasteiger partial charge in [0.1, 0.15) is 5.15 Å². The molecule has 0 fully saturated rings. The molecule has 9 heteroatoms. The van der Waals surface area contributed by atoms with E-state index in [1.54, 1.807) is 18.2 Å². The molecule has 8 nitrogen and oxygen atoms in total. The number of aromatic nitrogens is 1. The summed E-state index contributed by atoms with van der Waals surface area (Å²) in [5.74, 6) is 0.197. The summed E-state index contributed by atoms with van der Waals surface area (Å²) in [7, 11) is 4.51. The minimum Gasteiger partial charge on any atom is -0.493 e. The number of carbonyl (C=O) groups excluding carboxylic acids is 2. The smallest absolute Gasteiger partial charge is 0.341 e. The van der Waals surface area contributed by atoms with Crippen molar-refractivity contribution < 1.29 is 28.5 Å². The fourth-order valence-electron chi connectivity index (χ4n) is 2.24. The highest BCUT2D eigenvalue weighted by Crippen LogP contribution is 2.38. The molecule has 2 rings (SSSR count). The minimum atomic E-state index is -0.726. The fraction of sp³-hybridized carbons (Fsp3) is 0.278. The monoisotopic (exact) mass is 394 g/mol. The van der Waals surface area contributed by atoms with E-state index in [1.807, 2.05) is 0 Å². The van der Waals surface area contributed by atoms with Crippen molar-refractivity contribution in [3.05, 3.63) is 46.7 Å². The van der Waals surface area contributed by atoms with E-state index in [0.717, 1.165) is 5.56 Å². The van der Waals surface area contributed by atoms with Gasteiger partial charge in [0.2, 0.25) is 5.75 Å². The molecule has 0 saturated carbocycles. The maximum Gasteiger partial charge on any atom is 0.341 e. The summed E-state index contributed by atoms with van der Waals surface area (Å²) in [6.07, 6.45) is 1.45. The molecule has 0 spiro atoms. The zero-order valence-corrected chi connectivity index (χ0v) is 15.8. The topological polar surface area (TPSA) is 96.0 Å². The fourth-order valence-corrected chi connectivity index (χ4v) is 2.43. The zero-order chi connectivity index (χ0) is 19.8. The molecule has 1 aromatic heterocycles. The van der Waals surface area contributed by atoms with Crippen molar-refractivity contribution in [2.75, 3.05) is 27.9 Å². The van der Waals surface area contributed by atoms with Crippen LogP contribution >= 0.6 is 11.6 Å². The first-order chi connectivity index (χ1) is 13.0. The number of benzene rings is 1. The minimum absolute atomic E-state index is 0.0142. The molecule has 1 N–H and O–H groups in total. The van der Waals surface area contributed by atoms with Gasteiger partial charge in [-0.15, -0.1) is 0 Å². The van der Waals surface area contributed by atoms with Crippen molar-refractivity contribution in [1.29, 1.82) is 0 Å². The third-order valence-corrected chi connectivity index (χ3v) is 3.83. The first kappa shape index (κ1) is 20.3. The van der Waals surface area contributed by atoms with Crippen LogP contribution in [0.3, 0.4) is 0 Å². The van der Waals surface area contributed by atoms with Crippen molar-refractivity contribution in [3.8, 4) is 17.2 Å². The van der Waals surface area contributed by atoms with Crippen LogP contribution in [0.5, 0.6) is 17.2 Å². The van der Waals surface area contributed by atoms with Crippen molar-refractivity contribution >= 4 is 23.5 Å². The Morgan fingerprint density at radius 3 is 2.33 bits per heavy atom. The van der Waals surface area contributed by atoms with Crippen molar-refractivity contribution in [2.45, 2.75) is 6.54 Å². The second kappa shape index (κ2) is 9.63. The molecule has 1 heterocycles. The van der Waals surface area contributed by atoms with Gasteiger partial charge in [0.05, 0.1) is 26.9 Å². The summed E-state index contributed by atoms with van der Waals surface area (Å²) in [6, 6.07) is 6.44. The number of hydrogen-bond acceptors (Lipinski definition) is 7. The molecule has 0 aliphatic heterocycles. The third-order valence-electron chi connectivity index (χ3n) is 3.53. The van der Waals surface area contributed by atoms with Crippen LogP contribution in [0.2, 0.25) is 5.15 Å². The molecule has 2 aromatic rings. The number of amides is 1. The Morgan fingerprint density at radius 1 is 1.11 bits per heavy atom. The molecule has 0 aliphatic rings. The van der Waals surface area contributed by atoms with Crippen molar-refractivity contribution in [3.63, 3.8) is 0 Å². The number of esters is 1. The maximum absolute atomic E-state index is 11.9. The van der Waals surface area contributed by atoms with Gasteiger partial charge in [-0.3, -0.25) is 4.79 Å². The van der Waals surface area contributed by atoms with Crippen LogP contribution in [-0.2, 0) is 16.1 Å². The van der Waals surface area contributed by atoms with Crippen molar-refractivity contribution in [2.24, 2.45) is 0 Å². The Kier molecular flexibility index (Phi) is 7.25. The maximum atomic E-state index is 11.9. The van der Waals surface area contributed by atoms with Gasteiger partial charge in [-0.2, -0.15) is 0 Å². The normalized spacial score (nSPS) is 10.1. The second-order valence-corrected chi connectivity index (χ2v) is 5.59. The molecule has 144 valence electrons. The SMILES string of the molecule is COc1cc(CNC(=O)COC(=O)c2cccnc2Cl)cc(OC)c1OC. The van der Waals surface area contributed by atoms with Gasteiger partial charge < -0.3 is 24.3 Å². The highest BCUT2D eigenvalue weighted by molar-refractivity contribution is 6.32. The second-order valence-electron chi connectivity index (χ2n) is 5.23. The Bertz CT molecular complexity index is 802. The molecule has 27 heavy (non-hydrogen) atoms. The molecule has 0 saturated heterocycles. The number of ether oxygens (including phenoxy) is 4. The number of halogens is 1. The summed E-state index contributed by atoms with van der Waals surface area (Å²) in [4.78, 5) is 27.6. The van der Waals surface area contributed by atoms with Crippen LogP contribution in [-0.4, -0.2) is 44.8 Å². The van der Waals surface area contributed by atoms with Gasteiger partial charge in [-0.25, -0.2) is 9.78 Å². The van der Waals surface area contributed by atoms with Gasteiger partial charge >= 0.3 is 5.97 Å². The number of methoxy groups -OCH3 is 3. The highest BCUT2D eigenvalue weighted by atomic mass is 35.5. The number of pyridine rings is 1. The average molecular weight is 395 g/mol. The summed E-state index contributed by atoms with van der Waals surface area (Å²) in [6.45, 7) is -0.269. The van der Waals surface area contributed by atoms with Gasteiger partial charge in [-0.1, -0.05) is 11.6 Å². The summed E-state index contributed by atoms with van der Waals surface area (Å²) in [5.41, 5.74) is 0.816. The summed E-state index contributed by atoms with van der Waals surface area (Å²) < 4.78 is 20.7. The quantitative estimate of drug-likeness (QED) is 0.541. The zero-order valence-electron chi connectivity index (χ0n) is 15.1. The standard InChI is InChI=1S/C18H19ClN2O6/c1-24-13-7-11(8-14(25-2)16(13)26-3)9-21-15(22)10-27-18(23)12-5-4-6-20-17(12)19/h4-8H,9-10H2,1-3H3,(H,21,22). The lowest BCUT2D eigenvalue weighted by Gasteiger charge is -2.14. The molecule has 0 bridgehead atoms. The largest absolute Gasteiger partial charge is 0.493 e. The van der Waals surface area contributed by atoms with E-state index in [1.165, 1.54) is 33.6 Å². The Morgan fingerprint density at radius 2 is 1.78 bits per heavy atom. The van der Waals surface area contributed by atoms with E-state index in [0.29, 0.717) is 17.2 Å². The highest BCUT2D eigenvalue weighted by Gasteiger charge is 2.15. The molecular formula is C18H19ClN2O6. The molecule has 1 aromatic carbocycles. The Balaban J connectivity index is 1.94. The molecule has 0 radical (unpaired) electrons. The summed E-state index contributed by atoms with van der Waals surface area (Å²) in [5, 5.41) is 2.66. The first-order valence-electron chi connectivity index (χ1n) is 7.83. The number of nitrogens with one attached hydrogen (secondary N) is 1. The third kappa shape index (κ3) is 5.24. The molecule has 0 aliphatic carbocycles. The van der Waals surface area contributed by atoms with E-state index in [4.69, 9.17) is 30.5 Å². The van der Waals surface area contributed by atoms with Crippen LogP contribution in [0.1, 0.15) is 15.9 Å². The Labute approximate surface area is 161 Å². The summed E-state index contributed by atoms with van der Waals surface area (Å²) >= 11 is 5.81. The number of hydrogen-bond donors (Lipinski definition) is 1. The van der Waals surface area contributed by atoms with E-state index in [2.05, 4.69) is 10.3 Å². The molecule has 0 unspecified atom stereocenters. The van der Waals surface area contributed by atoms with E-state index < -0.39 is 18.5 Å². The predicted molar refractivity (Wildman–Crippen MR) is 97.5 cm³/mol. The molecular weight excluding hydrogens is 376 g/mol. The number of carbonyl (C=O) groups is 2. The number of rotatable bonds is 8. The lowest BCUT2D eigenvalue weighted by Crippen LogP contribution is -2.28. The molecule has 0 atom stereocenters. The van der Waals surface area contributed by atoms with E-state index in [-0.39, 0.29) is 17.3 Å². The van der Waals surface area contributed by atoms with E-state index >= 15 is 0 Å². The van der Waals surface area contributed by atoms with Crippen LogP contribution in [0.15, 0.2) is 30.5 Å². The van der Waals surface area contributed by atoms with Crippen LogP contribution in [0, 0.1) is 0 Å². The van der Waals surface area contributed by atoms with Gasteiger partial charge in [-0.05, 0) is 29.8 Å². The average Bonchev–Trinajstić information content (AvgIpc) is 2.69. The van der Waals surface area contributed by atoms with E-state index in [9.17, 15) is 9.59 Å². The van der Waals surface area contributed by atoms with Gasteiger partial charge in [0.25, 0.3) is 5.91 Å². The Hall–Kier alpha value is -3.00. The lowest BCUT2D eigenvalue weighted by atomic mass is 10.1. The molecule has 1 amide bonds. The van der Waals surface area contributed by atoms with Gasteiger partial charge in [0, 0.05) is 12.7 Å². The van der Waals surface area contributed by atoms with Crippen LogP contribution in [0.4, 0.5) is 0 Å². The van der Waals surface area contributed by atoms with Crippen LogP contribution < -0.4 is 19.5 Å². The predicted octanol–water partition coefficient (Wildman–Crippen LogP) is 2.23. The number of nitrogens with zero attached hydrogens (tertiary/aromatic N) is 1. The van der Waals surface area contributed by atoms with Crippen molar-refractivity contribution in [1.82, 2.24) is 10.3 Å². The lowest BCUT2D eigenvalue weighted by molar-refractivity contribution is -0.124. The first-order valence-corrected chi connectivity index (χ1v) is 8.21.